The average Bonchev–Trinajstić information content (AvgIpc) is 3.15. The Morgan fingerprint density at radius 1 is 0.808 bits per heavy atom. The van der Waals surface area contributed by atoms with E-state index in [0.717, 1.165) is 16.7 Å². The van der Waals surface area contributed by atoms with E-state index in [0.29, 0.717) is 35.8 Å². The van der Waals surface area contributed by atoms with Crippen molar-refractivity contribution in [3.05, 3.63) is 113 Å². The predicted octanol–water partition coefficient (Wildman–Crippen LogP) is 5.00. The number of nitrogens with zero attached hydrogens (tertiary/aromatic N) is 1. The standard InChI is InChI=1S/C19H21N3O5.C18H22N2O3.C2H6/c1-25-15-8-14(9-16(26-2)19(15)27-12-17(20)23)11-21-22-18(24)10-13-6-4-3-5-7-13;1-3-23-17-12-15(9-10-16(17)21)13(2)19-20-18(22)11-14-7-5-4-6-8-14;1-2/h3-9,11H,10,12H2,1-2H3,(H2,20,23)(H,22,24);4-10,12-13,19,21H,3,11H2,1-2H3,(H,20,22);1-2H3/b21-11+;;. The number of carbonyl (C=O) groups is 3. The van der Waals surface area contributed by atoms with Crippen LogP contribution in [0.25, 0.3) is 0 Å². The lowest BCUT2D eigenvalue weighted by Crippen LogP contribution is -2.39. The lowest BCUT2D eigenvalue weighted by Gasteiger charge is -2.17. The number of benzene rings is 4. The molecular weight excluding hydrogens is 666 g/mol. The summed E-state index contributed by atoms with van der Waals surface area (Å²) >= 11 is 0. The van der Waals surface area contributed by atoms with E-state index in [1.54, 1.807) is 30.3 Å². The maximum absolute atomic E-state index is 11.9. The molecule has 0 saturated heterocycles. The number of hydrazone groups is 1. The third kappa shape index (κ3) is 14.8. The Labute approximate surface area is 305 Å². The molecule has 0 aliphatic carbocycles. The first-order chi connectivity index (χ1) is 25.1. The minimum atomic E-state index is -0.620. The molecule has 4 rings (SSSR count). The number of phenolic OH excluding ortho intramolecular Hbond substituents is 1. The fourth-order valence-electron chi connectivity index (χ4n) is 4.43. The van der Waals surface area contributed by atoms with Gasteiger partial charge in [0.2, 0.25) is 17.6 Å². The second kappa shape index (κ2) is 23.3. The van der Waals surface area contributed by atoms with Crippen molar-refractivity contribution in [3.8, 4) is 28.7 Å². The molecule has 4 aromatic carbocycles. The molecular formula is C39H49N5O8. The van der Waals surface area contributed by atoms with E-state index in [9.17, 15) is 19.5 Å². The van der Waals surface area contributed by atoms with Crippen LogP contribution >= 0.6 is 0 Å². The van der Waals surface area contributed by atoms with Gasteiger partial charge in [-0.15, -0.1) is 0 Å². The number of ether oxygens (including phenoxy) is 4. The molecule has 0 bridgehead atoms. The highest BCUT2D eigenvalue weighted by Crippen LogP contribution is 2.38. The number of phenols is 1. The Bertz CT molecular complexity index is 1690. The molecule has 3 amide bonds. The molecule has 13 nitrogen and oxygen atoms in total. The zero-order chi connectivity index (χ0) is 38.3. The van der Waals surface area contributed by atoms with Crippen LogP contribution in [0, 0.1) is 0 Å². The van der Waals surface area contributed by atoms with Crippen LogP contribution in [-0.4, -0.2) is 56.5 Å². The summed E-state index contributed by atoms with van der Waals surface area (Å²) in [5, 5.41) is 13.7. The van der Waals surface area contributed by atoms with E-state index >= 15 is 0 Å². The van der Waals surface area contributed by atoms with Gasteiger partial charge in [-0.2, -0.15) is 5.10 Å². The number of hydrazine groups is 1. The molecule has 0 aromatic heterocycles. The second-order valence-electron chi connectivity index (χ2n) is 10.7. The normalized spacial score (nSPS) is 10.7. The number of nitrogens with two attached hydrogens (primary N) is 1. The zero-order valence-corrected chi connectivity index (χ0v) is 30.5. The van der Waals surface area contributed by atoms with Gasteiger partial charge in [-0.25, -0.2) is 10.9 Å². The first kappa shape index (κ1) is 42.1. The summed E-state index contributed by atoms with van der Waals surface area (Å²) < 4.78 is 21.2. The van der Waals surface area contributed by atoms with Crippen LogP contribution in [0.1, 0.15) is 56.0 Å². The summed E-state index contributed by atoms with van der Waals surface area (Å²) in [5.74, 6) is 0.519. The molecule has 52 heavy (non-hydrogen) atoms. The van der Waals surface area contributed by atoms with E-state index in [1.165, 1.54) is 20.4 Å². The highest BCUT2D eigenvalue weighted by Gasteiger charge is 2.15. The number of amides is 3. The highest BCUT2D eigenvalue weighted by atomic mass is 16.5. The number of primary amides is 1. The van der Waals surface area contributed by atoms with E-state index in [1.807, 2.05) is 88.4 Å². The van der Waals surface area contributed by atoms with E-state index < -0.39 is 5.91 Å². The van der Waals surface area contributed by atoms with E-state index in [4.69, 9.17) is 24.7 Å². The SMILES string of the molecule is CC.CCOc1cc(C(C)NNC(=O)Cc2ccccc2)ccc1O.COc1cc(/C=N/NC(=O)Cc2ccccc2)cc(OC)c1OCC(N)=O. The Balaban J connectivity index is 0.000000348. The Morgan fingerprint density at radius 3 is 1.88 bits per heavy atom. The van der Waals surface area contributed by atoms with Crippen molar-refractivity contribution in [2.75, 3.05) is 27.4 Å². The molecule has 13 heteroatoms. The lowest BCUT2D eigenvalue weighted by molar-refractivity contribution is -0.122. The van der Waals surface area contributed by atoms with Gasteiger partial charge in [-0.05, 0) is 54.8 Å². The smallest absolute Gasteiger partial charge is 0.255 e. The Hall–Kier alpha value is -6.08. The van der Waals surface area contributed by atoms with Crippen LogP contribution < -0.4 is 41.0 Å². The molecule has 1 unspecified atom stereocenters. The molecule has 0 spiro atoms. The summed E-state index contributed by atoms with van der Waals surface area (Å²) in [6.07, 6.45) is 2.00. The van der Waals surface area contributed by atoms with Gasteiger partial charge in [0, 0.05) is 11.6 Å². The molecule has 0 aliphatic heterocycles. The van der Waals surface area contributed by atoms with Gasteiger partial charge in [-0.3, -0.25) is 19.8 Å². The van der Waals surface area contributed by atoms with Crippen molar-refractivity contribution in [1.82, 2.24) is 16.3 Å². The van der Waals surface area contributed by atoms with Crippen molar-refractivity contribution < 1.29 is 38.4 Å². The number of hydrogen-bond donors (Lipinski definition) is 5. The van der Waals surface area contributed by atoms with Gasteiger partial charge >= 0.3 is 0 Å². The van der Waals surface area contributed by atoms with Crippen LogP contribution in [0.3, 0.4) is 0 Å². The number of aromatic hydroxyl groups is 1. The summed E-state index contributed by atoms with van der Waals surface area (Å²) in [4.78, 5) is 34.8. The van der Waals surface area contributed by atoms with Gasteiger partial charge in [-0.1, -0.05) is 80.6 Å². The maximum atomic E-state index is 11.9. The Kier molecular flexibility index (Phi) is 18.9. The number of hydrogen-bond acceptors (Lipinski definition) is 10. The fourth-order valence-corrected chi connectivity index (χ4v) is 4.43. The van der Waals surface area contributed by atoms with Crippen LogP contribution in [0.4, 0.5) is 0 Å². The van der Waals surface area contributed by atoms with Gasteiger partial charge in [0.25, 0.3) is 5.91 Å². The minimum Gasteiger partial charge on any atom is -0.504 e. The van der Waals surface area contributed by atoms with Gasteiger partial charge in [0.05, 0.1) is 39.9 Å². The van der Waals surface area contributed by atoms with Crippen molar-refractivity contribution in [2.45, 2.75) is 46.6 Å². The average molecular weight is 716 g/mol. The summed E-state index contributed by atoms with van der Waals surface area (Å²) in [6, 6.07) is 27.2. The fraction of sp³-hybridized carbons (Fsp3) is 0.282. The molecule has 0 heterocycles. The predicted molar refractivity (Wildman–Crippen MR) is 201 cm³/mol. The Morgan fingerprint density at radius 2 is 1.37 bits per heavy atom. The minimum absolute atomic E-state index is 0.105. The second-order valence-corrected chi connectivity index (χ2v) is 10.7. The molecule has 278 valence electrons. The number of methoxy groups -OCH3 is 2. The van der Waals surface area contributed by atoms with Crippen LogP contribution in [0.5, 0.6) is 28.7 Å². The van der Waals surface area contributed by atoms with Crippen LogP contribution in [-0.2, 0) is 27.2 Å². The van der Waals surface area contributed by atoms with Crippen LogP contribution in [0.2, 0.25) is 0 Å². The third-order valence-corrected chi connectivity index (χ3v) is 6.87. The summed E-state index contributed by atoms with van der Waals surface area (Å²) in [5.41, 5.74) is 16.6. The van der Waals surface area contributed by atoms with Crippen LogP contribution in [0.15, 0.2) is 96.1 Å². The molecule has 0 radical (unpaired) electrons. The number of nitrogens with one attached hydrogen (secondary N) is 3. The van der Waals surface area contributed by atoms with Crippen molar-refractivity contribution >= 4 is 23.9 Å². The van der Waals surface area contributed by atoms with Crippen molar-refractivity contribution in [1.29, 1.82) is 0 Å². The van der Waals surface area contributed by atoms with Crippen molar-refractivity contribution in [3.63, 3.8) is 0 Å². The van der Waals surface area contributed by atoms with Gasteiger partial charge in [0.15, 0.2) is 29.6 Å². The monoisotopic (exact) mass is 715 g/mol. The summed E-state index contributed by atoms with van der Waals surface area (Å²) in [6.45, 7) is 7.95. The topological polar surface area (TPSA) is 183 Å². The molecule has 6 N–H and O–H groups in total. The summed E-state index contributed by atoms with van der Waals surface area (Å²) in [7, 11) is 2.91. The maximum Gasteiger partial charge on any atom is 0.255 e. The number of rotatable bonds is 16. The molecule has 4 aromatic rings. The van der Waals surface area contributed by atoms with Gasteiger partial charge in [0.1, 0.15) is 0 Å². The molecule has 1 atom stereocenters. The van der Waals surface area contributed by atoms with E-state index in [2.05, 4.69) is 21.4 Å². The zero-order valence-electron chi connectivity index (χ0n) is 30.5. The number of carbonyl (C=O) groups excluding carboxylic acids is 3. The molecule has 0 aliphatic rings. The van der Waals surface area contributed by atoms with Crippen molar-refractivity contribution in [2.24, 2.45) is 10.8 Å². The first-order valence-electron chi connectivity index (χ1n) is 16.7. The van der Waals surface area contributed by atoms with Gasteiger partial charge < -0.3 is 29.8 Å². The quantitative estimate of drug-likeness (QED) is 0.0787. The highest BCUT2D eigenvalue weighted by molar-refractivity contribution is 5.85. The molecule has 0 fully saturated rings. The third-order valence-electron chi connectivity index (χ3n) is 6.87. The van der Waals surface area contributed by atoms with E-state index in [-0.39, 0.29) is 42.4 Å². The largest absolute Gasteiger partial charge is 0.504 e. The molecule has 0 saturated carbocycles. The lowest BCUT2D eigenvalue weighted by atomic mass is 10.1. The first-order valence-corrected chi connectivity index (χ1v) is 16.7.